The third-order valence-corrected chi connectivity index (χ3v) is 1.48. The number of halogens is 1. The summed E-state index contributed by atoms with van der Waals surface area (Å²) in [6.07, 6.45) is 7.27. The molecule has 1 N–H and O–H groups in total. The van der Waals surface area contributed by atoms with Crippen molar-refractivity contribution >= 4 is 18.5 Å². The largest absolute Gasteiger partial charge is 0.385 e. The third kappa shape index (κ3) is 1.49. The van der Waals surface area contributed by atoms with Gasteiger partial charge in [-0.05, 0) is 12.3 Å². The predicted octanol–water partition coefficient (Wildman–Crippen LogP) is 0.972. The smallest absolute Gasteiger partial charge is 0.115 e. The standard InChI is InChI=1S/C7H7N3.ClH/c1-2-8-4-7-6(1)3-9-5-10-7;/h1-3,5,8H,4H2;1H. The first-order valence-corrected chi connectivity index (χ1v) is 3.15. The Morgan fingerprint density at radius 1 is 1.45 bits per heavy atom. The molecule has 2 heterocycles. The summed E-state index contributed by atoms with van der Waals surface area (Å²) in [5, 5.41) is 3.07. The van der Waals surface area contributed by atoms with Gasteiger partial charge in [-0.15, -0.1) is 12.4 Å². The SMILES string of the molecule is C1=Cc2cncnc2CN1.Cl. The summed E-state index contributed by atoms with van der Waals surface area (Å²) in [6.45, 7) is 0.814. The van der Waals surface area contributed by atoms with Crippen LogP contribution < -0.4 is 5.32 Å². The van der Waals surface area contributed by atoms with Gasteiger partial charge < -0.3 is 5.32 Å². The zero-order valence-electron chi connectivity index (χ0n) is 5.82. The van der Waals surface area contributed by atoms with Crippen LogP contribution in [0.4, 0.5) is 0 Å². The molecule has 0 radical (unpaired) electrons. The second-order valence-electron chi connectivity index (χ2n) is 2.14. The zero-order chi connectivity index (χ0) is 6.81. The van der Waals surface area contributed by atoms with E-state index in [2.05, 4.69) is 15.3 Å². The van der Waals surface area contributed by atoms with E-state index < -0.39 is 0 Å². The molecule has 0 amide bonds. The van der Waals surface area contributed by atoms with Gasteiger partial charge in [0.05, 0.1) is 12.2 Å². The first-order chi connectivity index (χ1) is 4.97. The molecular formula is C7H8ClN3. The minimum absolute atomic E-state index is 0. The van der Waals surface area contributed by atoms with Gasteiger partial charge in [0.1, 0.15) is 6.33 Å². The lowest BCUT2D eigenvalue weighted by Crippen LogP contribution is -2.11. The van der Waals surface area contributed by atoms with E-state index in [1.165, 1.54) is 0 Å². The van der Waals surface area contributed by atoms with Crippen LogP contribution in [-0.2, 0) is 6.54 Å². The summed E-state index contributed by atoms with van der Waals surface area (Å²) in [7, 11) is 0. The highest BCUT2D eigenvalue weighted by molar-refractivity contribution is 5.85. The molecule has 3 nitrogen and oxygen atoms in total. The molecule has 1 aliphatic rings. The highest BCUT2D eigenvalue weighted by atomic mass is 35.5. The van der Waals surface area contributed by atoms with E-state index >= 15 is 0 Å². The molecule has 0 atom stereocenters. The Kier molecular flexibility index (Phi) is 2.44. The lowest BCUT2D eigenvalue weighted by atomic mass is 10.2. The predicted molar refractivity (Wildman–Crippen MR) is 45.2 cm³/mol. The Hall–Kier alpha value is -1.09. The van der Waals surface area contributed by atoms with Gasteiger partial charge in [-0.3, -0.25) is 0 Å². The molecule has 1 aliphatic heterocycles. The van der Waals surface area contributed by atoms with E-state index in [1.54, 1.807) is 6.33 Å². The van der Waals surface area contributed by atoms with Crippen molar-refractivity contribution < 1.29 is 0 Å². The summed E-state index contributed by atoms with van der Waals surface area (Å²) in [5.41, 5.74) is 2.18. The highest BCUT2D eigenvalue weighted by Crippen LogP contribution is 2.08. The van der Waals surface area contributed by atoms with E-state index in [9.17, 15) is 0 Å². The van der Waals surface area contributed by atoms with Crippen molar-refractivity contribution in [1.82, 2.24) is 15.3 Å². The molecule has 2 rings (SSSR count). The molecule has 0 fully saturated rings. The highest BCUT2D eigenvalue weighted by Gasteiger charge is 2.02. The van der Waals surface area contributed by atoms with Crippen LogP contribution >= 0.6 is 12.4 Å². The molecule has 1 aromatic heterocycles. The maximum atomic E-state index is 4.09. The molecule has 11 heavy (non-hydrogen) atoms. The molecule has 0 saturated heterocycles. The molecule has 0 unspecified atom stereocenters. The zero-order valence-corrected chi connectivity index (χ0v) is 6.64. The maximum Gasteiger partial charge on any atom is 0.115 e. The van der Waals surface area contributed by atoms with Crippen molar-refractivity contribution in [2.24, 2.45) is 0 Å². The second kappa shape index (κ2) is 3.34. The average molecular weight is 170 g/mol. The van der Waals surface area contributed by atoms with E-state index in [1.807, 2.05) is 18.5 Å². The van der Waals surface area contributed by atoms with Crippen molar-refractivity contribution in [3.8, 4) is 0 Å². The van der Waals surface area contributed by atoms with Gasteiger partial charge in [-0.25, -0.2) is 9.97 Å². The van der Waals surface area contributed by atoms with Crippen molar-refractivity contribution in [3.05, 3.63) is 30.0 Å². The van der Waals surface area contributed by atoms with Crippen LogP contribution in [0.5, 0.6) is 0 Å². The van der Waals surface area contributed by atoms with Gasteiger partial charge in [0, 0.05) is 11.8 Å². The molecule has 0 spiro atoms. The molecule has 1 aromatic rings. The number of hydrogen-bond donors (Lipinski definition) is 1. The van der Waals surface area contributed by atoms with Crippen LogP contribution in [-0.4, -0.2) is 9.97 Å². The van der Waals surface area contributed by atoms with Gasteiger partial charge in [0.25, 0.3) is 0 Å². The van der Waals surface area contributed by atoms with E-state index in [4.69, 9.17) is 0 Å². The van der Waals surface area contributed by atoms with Crippen molar-refractivity contribution in [1.29, 1.82) is 0 Å². The van der Waals surface area contributed by atoms with Crippen LogP contribution in [0.2, 0.25) is 0 Å². The van der Waals surface area contributed by atoms with Crippen LogP contribution in [0.15, 0.2) is 18.7 Å². The van der Waals surface area contributed by atoms with Crippen LogP contribution in [0.3, 0.4) is 0 Å². The molecule has 0 bridgehead atoms. The summed E-state index contributed by atoms with van der Waals surface area (Å²) in [6, 6.07) is 0. The molecule has 4 heteroatoms. The van der Waals surface area contributed by atoms with E-state index in [0.717, 1.165) is 17.8 Å². The van der Waals surface area contributed by atoms with Gasteiger partial charge in [-0.2, -0.15) is 0 Å². The number of nitrogens with one attached hydrogen (secondary N) is 1. The number of nitrogens with zero attached hydrogens (tertiary/aromatic N) is 2. The molecule has 0 aromatic carbocycles. The summed E-state index contributed by atoms with van der Waals surface area (Å²) < 4.78 is 0. The molecular weight excluding hydrogens is 162 g/mol. The van der Waals surface area contributed by atoms with Crippen molar-refractivity contribution in [2.45, 2.75) is 6.54 Å². The minimum atomic E-state index is 0. The Morgan fingerprint density at radius 2 is 2.36 bits per heavy atom. The van der Waals surface area contributed by atoms with Gasteiger partial charge in [0.15, 0.2) is 0 Å². The molecule has 58 valence electrons. The number of hydrogen-bond acceptors (Lipinski definition) is 3. The van der Waals surface area contributed by atoms with Crippen LogP contribution in [0.25, 0.3) is 6.08 Å². The average Bonchev–Trinajstić information content (AvgIpc) is 2.05. The fourth-order valence-electron chi connectivity index (χ4n) is 0.957. The molecule has 0 aliphatic carbocycles. The van der Waals surface area contributed by atoms with Gasteiger partial charge in [0.2, 0.25) is 0 Å². The Labute approximate surface area is 71.0 Å². The lowest BCUT2D eigenvalue weighted by molar-refractivity contribution is 0.814. The summed E-state index contributed by atoms with van der Waals surface area (Å²) >= 11 is 0. The third-order valence-electron chi connectivity index (χ3n) is 1.48. The normalized spacial score (nSPS) is 12.7. The minimum Gasteiger partial charge on any atom is -0.385 e. The van der Waals surface area contributed by atoms with Gasteiger partial charge >= 0.3 is 0 Å². The Bertz CT molecular complexity index is 272. The lowest BCUT2D eigenvalue weighted by Gasteiger charge is -2.08. The first kappa shape index (κ1) is 8.01. The quantitative estimate of drug-likeness (QED) is 0.629. The maximum absolute atomic E-state index is 4.09. The van der Waals surface area contributed by atoms with E-state index in [-0.39, 0.29) is 12.4 Å². The van der Waals surface area contributed by atoms with Crippen LogP contribution in [0.1, 0.15) is 11.3 Å². The fourth-order valence-corrected chi connectivity index (χ4v) is 0.957. The molecule has 0 saturated carbocycles. The second-order valence-corrected chi connectivity index (χ2v) is 2.14. The first-order valence-electron chi connectivity index (χ1n) is 3.15. The van der Waals surface area contributed by atoms with Crippen molar-refractivity contribution in [3.63, 3.8) is 0 Å². The summed E-state index contributed by atoms with van der Waals surface area (Å²) in [5.74, 6) is 0. The monoisotopic (exact) mass is 169 g/mol. The van der Waals surface area contributed by atoms with E-state index in [0.29, 0.717) is 0 Å². The Morgan fingerprint density at radius 3 is 3.18 bits per heavy atom. The number of rotatable bonds is 0. The topological polar surface area (TPSA) is 37.8 Å². The van der Waals surface area contributed by atoms with Gasteiger partial charge in [-0.1, -0.05) is 0 Å². The number of aromatic nitrogens is 2. The van der Waals surface area contributed by atoms with Crippen LogP contribution in [0, 0.1) is 0 Å². The van der Waals surface area contributed by atoms with Crippen molar-refractivity contribution in [2.75, 3.05) is 0 Å². The fraction of sp³-hybridized carbons (Fsp3) is 0.143. The Balaban J connectivity index is 0.000000605. The number of fused-ring (bicyclic) bond motifs is 1. The summed E-state index contributed by atoms with van der Waals surface area (Å²) in [4.78, 5) is 8.00.